The first kappa shape index (κ1) is 20.9. The number of fused-ring (bicyclic) bond motifs is 2. The number of nitrogens with zero attached hydrogens (tertiary/aromatic N) is 6. The Morgan fingerprint density at radius 1 is 1.23 bits per heavy atom. The van der Waals surface area contributed by atoms with E-state index in [0.29, 0.717) is 24.6 Å². The van der Waals surface area contributed by atoms with Crippen molar-refractivity contribution in [3.8, 4) is 11.3 Å². The van der Waals surface area contributed by atoms with Gasteiger partial charge in [0.05, 0.1) is 48.7 Å². The maximum Gasteiger partial charge on any atom is 0.229 e. The van der Waals surface area contributed by atoms with Crippen molar-refractivity contribution in [3.05, 3.63) is 47.2 Å². The standard InChI is InChI=1S/C27H28N6O2/c1-3-23(34)31-9-10-33-22(12-31)24(30-25(33)17-7-8-17)18-5-4-6-20-19(18)11-21(28-2)26(29-20)32-13-27(14-32)15-35-16-27/h4-6,11,17H,3,7-10,12-16H2,1H3. The van der Waals surface area contributed by atoms with Gasteiger partial charge in [0.1, 0.15) is 11.6 Å². The van der Waals surface area contributed by atoms with E-state index in [1.54, 1.807) is 0 Å². The summed E-state index contributed by atoms with van der Waals surface area (Å²) in [4.78, 5) is 30.7. The van der Waals surface area contributed by atoms with Crippen molar-refractivity contribution < 1.29 is 9.53 Å². The van der Waals surface area contributed by atoms with Crippen molar-refractivity contribution in [1.29, 1.82) is 0 Å². The SMILES string of the molecule is [C-]#[N+]c1cc2c(-c3nc(C4CC4)n4c3CN(C(=O)CC)CC4)cccc2nc1N1CC2(COC2)C1. The van der Waals surface area contributed by atoms with Gasteiger partial charge in [-0.2, -0.15) is 0 Å². The van der Waals surface area contributed by atoms with Crippen molar-refractivity contribution >= 4 is 28.3 Å². The molecule has 2 saturated heterocycles. The topological polar surface area (TPSA) is 67.9 Å². The first-order valence-electron chi connectivity index (χ1n) is 12.6. The number of imidazole rings is 1. The molecule has 3 aliphatic heterocycles. The minimum Gasteiger partial charge on any atom is -0.380 e. The second-order valence-corrected chi connectivity index (χ2v) is 10.5. The molecule has 5 heterocycles. The zero-order valence-corrected chi connectivity index (χ0v) is 20.0. The van der Waals surface area contributed by atoms with Crippen LogP contribution >= 0.6 is 0 Å². The maximum absolute atomic E-state index is 12.5. The van der Waals surface area contributed by atoms with E-state index < -0.39 is 0 Å². The molecule has 35 heavy (non-hydrogen) atoms. The lowest BCUT2D eigenvalue weighted by Gasteiger charge is -2.55. The summed E-state index contributed by atoms with van der Waals surface area (Å²) >= 11 is 0. The van der Waals surface area contributed by atoms with Crippen molar-refractivity contribution in [3.63, 3.8) is 0 Å². The van der Waals surface area contributed by atoms with Crippen LogP contribution in [0.4, 0.5) is 11.5 Å². The number of pyridine rings is 1. The molecule has 4 aliphatic rings. The Hall–Kier alpha value is -3.44. The van der Waals surface area contributed by atoms with Gasteiger partial charge < -0.3 is 19.1 Å². The van der Waals surface area contributed by atoms with E-state index in [1.807, 2.05) is 30.0 Å². The summed E-state index contributed by atoms with van der Waals surface area (Å²) in [7, 11) is 0. The first-order valence-corrected chi connectivity index (χ1v) is 12.6. The smallest absolute Gasteiger partial charge is 0.229 e. The minimum absolute atomic E-state index is 0.181. The maximum atomic E-state index is 12.5. The second kappa shape index (κ2) is 7.53. The average molecular weight is 469 g/mol. The number of carbonyl (C=O) groups is 1. The predicted octanol–water partition coefficient (Wildman–Crippen LogP) is 4.12. The summed E-state index contributed by atoms with van der Waals surface area (Å²) in [6.45, 7) is 15.3. The van der Waals surface area contributed by atoms with Gasteiger partial charge in [-0.25, -0.2) is 14.8 Å². The van der Waals surface area contributed by atoms with Crippen LogP contribution < -0.4 is 4.90 Å². The molecule has 0 radical (unpaired) electrons. The highest BCUT2D eigenvalue weighted by atomic mass is 16.5. The number of aromatic nitrogens is 3. The molecular weight excluding hydrogens is 440 g/mol. The number of hydrogen-bond donors (Lipinski definition) is 0. The van der Waals surface area contributed by atoms with Gasteiger partial charge in [0, 0.05) is 44.1 Å². The molecule has 1 saturated carbocycles. The normalized spacial score (nSPS) is 20.3. The molecule has 0 unspecified atom stereocenters. The van der Waals surface area contributed by atoms with E-state index in [9.17, 15) is 4.79 Å². The first-order chi connectivity index (χ1) is 17.1. The third-order valence-corrected chi connectivity index (χ3v) is 8.00. The van der Waals surface area contributed by atoms with E-state index in [0.717, 1.165) is 78.9 Å². The zero-order chi connectivity index (χ0) is 23.7. The Bertz CT molecular complexity index is 1400. The molecule has 8 heteroatoms. The monoisotopic (exact) mass is 468 g/mol. The summed E-state index contributed by atoms with van der Waals surface area (Å²) in [5.74, 6) is 2.62. The lowest BCUT2D eigenvalue weighted by molar-refractivity contribution is -0.132. The largest absolute Gasteiger partial charge is 0.380 e. The van der Waals surface area contributed by atoms with Crippen LogP contribution in [0.1, 0.15) is 43.6 Å². The quantitative estimate of drug-likeness (QED) is 0.539. The van der Waals surface area contributed by atoms with Gasteiger partial charge >= 0.3 is 0 Å². The molecule has 1 aliphatic carbocycles. The summed E-state index contributed by atoms with van der Waals surface area (Å²) in [5.41, 5.74) is 4.76. The highest BCUT2D eigenvalue weighted by molar-refractivity contribution is 5.98. The van der Waals surface area contributed by atoms with Gasteiger partial charge in [0.2, 0.25) is 11.6 Å². The number of carbonyl (C=O) groups excluding carboxylic acids is 1. The number of ether oxygens (including phenoxy) is 1. The Kier molecular flexibility index (Phi) is 4.49. The lowest BCUT2D eigenvalue weighted by Crippen LogP contribution is -2.66. The van der Waals surface area contributed by atoms with Gasteiger partial charge in [-0.05, 0) is 30.4 Å². The summed E-state index contributed by atoms with van der Waals surface area (Å²) in [5, 5.41) is 0.951. The molecule has 3 aromatic rings. The van der Waals surface area contributed by atoms with Crippen LogP contribution in [0.25, 0.3) is 27.0 Å². The van der Waals surface area contributed by atoms with Crippen molar-refractivity contribution in [2.75, 3.05) is 37.7 Å². The Morgan fingerprint density at radius 2 is 2.06 bits per heavy atom. The third-order valence-electron chi connectivity index (χ3n) is 8.00. The van der Waals surface area contributed by atoms with Gasteiger partial charge in [-0.3, -0.25) is 4.79 Å². The Labute approximate surface area is 204 Å². The number of amides is 1. The van der Waals surface area contributed by atoms with Crippen molar-refractivity contribution in [2.45, 2.75) is 45.2 Å². The highest BCUT2D eigenvalue weighted by Crippen LogP contribution is 2.46. The fraction of sp³-hybridized carbons (Fsp3) is 0.481. The van der Waals surface area contributed by atoms with E-state index in [4.69, 9.17) is 21.3 Å². The second-order valence-electron chi connectivity index (χ2n) is 10.5. The molecule has 178 valence electrons. The summed E-state index contributed by atoms with van der Waals surface area (Å²) in [6, 6.07) is 8.13. The molecule has 2 aromatic heterocycles. The van der Waals surface area contributed by atoms with Crippen LogP contribution in [0.15, 0.2) is 24.3 Å². The van der Waals surface area contributed by atoms with Crippen LogP contribution in [0, 0.1) is 12.0 Å². The number of rotatable bonds is 4. The molecule has 1 amide bonds. The fourth-order valence-electron chi connectivity index (χ4n) is 5.88. The van der Waals surface area contributed by atoms with E-state index in [2.05, 4.69) is 20.4 Å². The van der Waals surface area contributed by atoms with Crippen LogP contribution in [-0.4, -0.2) is 58.2 Å². The average Bonchev–Trinajstić information content (AvgIpc) is 3.61. The number of anilines is 1. The van der Waals surface area contributed by atoms with Crippen LogP contribution in [0.5, 0.6) is 0 Å². The fourth-order valence-corrected chi connectivity index (χ4v) is 5.88. The summed E-state index contributed by atoms with van der Waals surface area (Å²) in [6.07, 6.45) is 2.87. The van der Waals surface area contributed by atoms with Gasteiger partial charge in [-0.1, -0.05) is 19.1 Å². The molecule has 0 N–H and O–H groups in total. The highest BCUT2D eigenvalue weighted by Gasteiger charge is 2.49. The van der Waals surface area contributed by atoms with Crippen molar-refractivity contribution in [1.82, 2.24) is 19.4 Å². The molecule has 1 spiro atoms. The van der Waals surface area contributed by atoms with E-state index >= 15 is 0 Å². The Balaban J connectivity index is 1.33. The number of hydrogen-bond acceptors (Lipinski definition) is 5. The molecule has 7 rings (SSSR count). The van der Waals surface area contributed by atoms with Crippen molar-refractivity contribution in [2.24, 2.45) is 5.41 Å². The van der Waals surface area contributed by atoms with Gasteiger partial charge in [0.25, 0.3) is 0 Å². The minimum atomic E-state index is 0.181. The third kappa shape index (κ3) is 3.18. The predicted molar refractivity (Wildman–Crippen MR) is 132 cm³/mol. The van der Waals surface area contributed by atoms with E-state index in [1.165, 1.54) is 12.8 Å². The molecular formula is C27H28N6O2. The molecule has 1 aromatic carbocycles. The van der Waals surface area contributed by atoms with Crippen LogP contribution in [0.2, 0.25) is 0 Å². The zero-order valence-electron chi connectivity index (χ0n) is 20.0. The Morgan fingerprint density at radius 3 is 2.74 bits per heavy atom. The molecule has 0 bridgehead atoms. The van der Waals surface area contributed by atoms with Gasteiger partial charge in [0.15, 0.2) is 0 Å². The van der Waals surface area contributed by atoms with Crippen LogP contribution in [0.3, 0.4) is 0 Å². The molecule has 3 fully saturated rings. The molecule has 8 nitrogen and oxygen atoms in total. The van der Waals surface area contributed by atoms with Crippen LogP contribution in [-0.2, 0) is 22.6 Å². The van der Waals surface area contributed by atoms with E-state index in [-0.39, 0.29) is 11.3 Å². The summed E-state index contributed by atoms with van der Waals surface area (Å²) < 4.78 is 7.76. The lowest BCUT2D eigenvalue weighted by atomic mass is 9.78. The van der Waals surface area contributed by atoms with Gasteiger partial charge in [-0.15, -0.1) is 0 Å². The molecule has 0 atom stereocenters. The number of benzene rings is 1.